The molecule has 3 atom stereocenters. The zero-order valence-corrected chi connectivity index (χ0v) is 9.58. The molecule has 0 bridgehead atoms. The van der Waals surface area contributed by atoms with Gasteiger partial charge >= 0.3 is 11.9 Å². The minimum atomic E-state index is -0.923. The number of hydrogen-bond donors (Lipinski definition) is 2. The van der Waals surface area contributed by atoms with Gasteiger partial charge in [0.1, 0.15) is 13.1 Å². The van der Waals surface area contributed by atoms with Gasteiger partial charge in [-0.15, -0.1) is 0 Å². The Kier molecular flexibility index (Phi) is 2.15. The van der Waals surface area contributed by atoms with Crippen LogP contribution in [0.1, 0.15) is 20.3 Å². The maximum atomic E-state index is 11.7. The van der Waals surface area contributed by atoms with Crippen LogP contribution in [0, 0.1) is 0 Å². The van der Waals surface area contributed by atoms with Crippen molar-refractivity contribution in [1.82, 2.24) is 0 Å². The van der Waals surface area contributed by atoms with Crippen LogP contribution in [-0.4, -0.2) is 44.3 Å². The van der Waals surface area contributed by atoms with Gasteiger partial charge in [0.2, 0.25) is 6.04 Å². The van der Waals surface area contributed by atoms with Crippen LogP contribution in [0.4, 0.5) is 0 Å². The molecule has 2 saturated heterocycles. The smallest absolute Gasteiger partial charge is 0.364 e. The van der Waals surface area contributed by atoms with Gasteiger partial charge in [-0.05, 0) is 13.8 Å². The Morgan fingerprint density at radius 3 is 2.67 bits per heavy atom. The van der Waals surface area contributed by atoms with Gasteiger partial charge in [-0.1, -0.05) is 11.8 Å². The molecule has 0 aromatic rings. The number of quaternary nitrogens is 1. The summed E-state index contributed by atoms with van der Waals surface area (Å²) in [5.41, 5.74) is 5.62. The van der Waals surface area contributed by atoms with Crippen LogP contribution < -0.4 is 5.73 Å². The SMILES string of the molecule is CC1(C)S[C@@H]2CC(=O)[N+]2(CN)[C@H]1C(=O)O. The van der Waals surface area contributed by atoms with E-state index in [0.29, 0.717) is 6.42 Å². The molecule has 2 rings (SSSR count). The fraction of sp³-hybridized carbons (Fsp3) is 0.778. The minimum absolute atomic E-state index is 0.0343. The van der Waals surface area contributed by atoms with Gasteiger partial charge in [0.05, 0.1) is 4.75 Å². The van der Waals surface area contributed by atoms with Crippen molar-refractivity contribution in [1.29, 1.82) is 0 Å². The van der Waals surface area contributed by atoms with Gasteiger partial charge < -0.3 is 5.11 Å². The van der Waals surface area contributed by atoms with Crippen LogP contribution in [0.3, 0.4) is 0 Å². The van der Waals surface area contributed by atoms with Gasteiger partial charge in [-0.2, -0.15) is 0 Å². The molecule has 0 aromatic heterocycles. The van der Waals surface area contributed by atoms with Gasteiger partial charge in [0.25, 0.3) is 0 Å². The summed E-state index contributed by atoms with van der Waals surface area (Å²) in [7, 11) is 0. The van der Waals surface area contributed by atoms with Crippen molar-refractivity contribution in [3.05, 3.63) is 0 Å². The molecule has 5 nitrogen and oxygen atoms in total. The van der Waals surface area contributed by atoms with E-state index in [9.17, 15) is 14.7 Å². The summed E-state index contributed by atoms with van der Waals surface area (Å²) in [6.45, 7) is 3.84. The average Bonchev–Trinajstić information content (AvgIpc) is 2.29. The van der Waals surface area contributed by atoms with Gasteiger partial charge in [0.15, 0.2) is 5.37 Å². The molecule has 0 aliphatic carbocycles. The average molecular weight is 231 g/mol. The number of carboxylic acids is 1. The van der Waals surface area contributed by atoms with Crippen molar-refractivity contribution in [2.45, 2.75) is 36.4 Å². The molecule has 6 heteroatoms. The molecular weight excluding hydrogens is 216 g/mol. The molecule has 2 heterocycles. The molecule has 1 unspecified atom stereocenters. The zero-order valence-electron chi connectivity index (χ0n) is 8.77. The third-order valence-corrected chi connectivity index (χ3v) is 5.07. The lowest BCUT2D eigenvalue weighted by atomic mass is 9.94. The Bertz CT molecular complexity index is 344. The van der Waals surface area contributed by atoms with Crippen molar-refractivity contribution >= 4 is 23.6 Å². The molecule has 0 spiro atoms. The van der Waals surface area contributed by atoms with Crippen LogP contribution in [0.25, 0.3) is 0 Å². The number of carbonyl (C=O) groups excluding carboxylic acids is 1. The highest BCUT2D eigenvalue weighted by Crippen LogP contribution is 2.55. The Balaban J connectivity index is 2.46. The van der Waals surface area contributed by atoms with Crippen molar-refractivity contribution < 1.29 is 19.2 Å². The van der Waals surface area contributed by atoms with Gasteiger partial charge in [0, 0.05) is 0 Å². The third-order valence-electron chi connectivity index (χ3n) is 3.42. The summed E-state index contributed by atoms with van der Waals surface area (Å²) in [5, 5.41) is 9.29. The predicted molar refractivity (Wildman–Crippen MR) is 55.8 cm³/mol. The number of aliphatic carboxylic acids is 1. The van der Waals surface area contributed by atoms with E-state index >= 15 is 0 Å². The van der Waals surface area contributed by atoms with Crippen LogP contribution in [0.15, 0.2) is 0 Å². The number of rotatable bonds is 2. The lowest BCUT2D eigenvalue weighted by Crippen LogP contribution is -2.74. The van der Waals surface area contributed by atoms with E-state index in [1.165, 1.54) is 0 Å². The van der Waals surface area contributed by atoms with Crippen LogP contribution in [0.5, 0.6) is 0 Å². The fourth-order valence-electron chi connectivity index (χ4n) is 2.77. The Morgan fingerprint density at radius 2 is 2.33 bits per heavy atom. The van der Waals surface area contributed by atoms with Crippen LogP contribution in [-0.2, 0) is 9.59 Å². The highest BCUT2D eigenvalue weighted by molar-refractivity contribution is 8.01. The lowest BCUT2D eigenvalue weighted by Gasteiger charge is -2.45. The summed E-state index contributed by atoms with van der Waals surface area (Å²) < 4.78 is -0.491. The second-order valence-corrected chi connectivity index (χ2v) is 6.46. The molecule has 2 aliphatic rings. The first kappa shape index (κ1) is 10.9. The van der Waals surface area contributed by atoms with Gasteiger partial charge in [-0.3, -0.25) is 5.73 Å². The molecule has 2 aliphatic heterocycles. The molecular formula is C9H15N2O3S+. The number of β-lactam (4-membered cyclic amide) rings is 1. The number of thioether (sulfide) groups is 1. The summed E-state index contributed by atoms with van der Waals surface area (Å²) in [5.74, 6) is -0.957. The number of amides is 1. The summed E-state index contributed by atoms with van der Waals surface area (Å²) in [6, 6.07) is -0.709. The topological polar surface area (TPSA) is 80.4 Å². The first-order valence-electron chi connectivity index (χ1n) is 4.88. The van der Waals surface area contributed by atoms with Crippen molar-refractivity contribution in [2.24, 2.45) is 5.73 Å². The van der Waals surface area contributed by atoms with E-state index in [4.69, 9.17) is 5.73 Å². The second-order valence-electron chi connectivity index (χ2n) is 4.63. The second kappa shape index (κ2) is 2.96. The molecule has 3 N–H and O–H groups in total. The summed E-state index contributed by atoms with van der Waals surface area (Å²) in [6.07, 6.45) is 0.453. The highest BCUT2D eigenvalue weighted by Gasteiger charge is 2.72. The number of carbonyl (C=O) groups is 2. The predicted octanol–water partition coefficient (Wildman–Crippen LogP) is -0.0456. The van der Waals surface area contributed by atoms with Crippen molar-refractivity contribution in [3.63, 3.8) is 0 Å². The first-order valence-corrected chi connectivity index (χ1v) is 5.75. The number of fused-ring (bicyclic) bond motifs is 1. The van der Waals surface area contributed by atoms with Crippen molar-refractivity contribution in [3.8, 4) is 0 Å². The molecule has 0 saturated carbocycles. The summed E-state index contributed by atoms with van der Waals surface area (Å²) in [4.78, 5) is 23.0. The minimum Gasteiger partial charge on any atom is -0.477 e. The molecule has 84 valence electrons. The van der Waals surface area contributed by atoms with Crippen LogP contribution >= 0.6 is 11.8 Å². The van der Waals surface area contributed by atoms with E-state index in [-0.39, 0.29) is 22.4 Å². The quantitative estimate of drug-likeness (QED) is 0.514. The standard InChI is InChI=1S/C9H14N2O3S/c1-9(2)7(8(13)14)11(4-10)5(12)3-6(11)15-9/h6-7H,3-4,10H2,1-2H3/p+1/t6-,7+,11?/m1/s1. The summed E-state index contributed by atoms with van der Waals surface area (Å²) >= 11 is 1.57. The number of carboxylic acid groups (broad SMARTS) is 1. The monoisotopic (exact) mass is 231 g/mol. The lowest BCUT2D eigenvalue weighted by molar-refractivity contribution is -0.901. The van der Waals surface area contributed by atoms with E-state index in [1.807, 2.05) is 13.8 Å². The van der Waals surface area contributed by atoms with Gasteiger partial charge in [-0.25, -0.2) is 14.1 Å². The Hall–Kier alpha value is -0.590. The third kappa shape index (κ3) is 1.12. The van der Waals surface area contributed by atoms with E-state index in [1.54, 1.807) is 11.8 Å². The Labute approximate surface area is 92.2 Å². The fourth-order valence-corrected chi connectivity index (χ4v) is 4.62. The normalized spacial score (nSPS) is 42.2. The van der Waals surface area contributed by atoms with Crippen molar-refractivity contribution in [2.75, 3.05) is 6.67 Å². The Morgan fingerprint density at radius 1 is 1.73 bits per heavy atom. The molecule has 0 aromatic carbocycles. The van der Waals surface area contributed by atoms with Crippen LogP contribution in [0.2, 0.25) is 0 Å². The maximum Gasteiger partial charge on any atom is 0.364 e. The molecule has 0 radical (unpaired) electrons. The maximum absolute atomic E-state index is 11.7. The molecule has 15 heavy (non-hydrogen) atoms. The van der Waals surface area contributed by atoms with E-state index in [0.717, 1.165) is 0 Å². The number of hydrogen-bond acceptors (Lipinski definition) is 4. The first-order chi connectivity index (χ1) is 6.86. The number of nitrogens with zero attached hydrogens (tertiary/aromatic N) is 1. The highest BCUT2D eigenvalue weighted by atomic mass is 32.2. The zero-order chi connectivity index (χ0) is 11.4. The molecule has 1 amide bonds. The van der Waals surface area contributed by atoms with E-state index in [2.05, 4.69) is 0 Å². The molecule has 2 fully saturated rings. The largest absolute Gasteiger partial charge is 0.477 e. The number of nitrogens with two attached hydrogens (primary N) is 1. The van der Waals surface area contributed by atoms with E-state index < -0.39 is 16.8 Å².